The summed E-state index contributed by atoms with van der Waals surface area (Å²) < 4.78 is 18.1. The molecule has 1 aromatic heterocycles. The monoisotopic (exact) mass is 434 g/mol. The second-order valence-electron chi connectivity index (χ2n) is 7.21. The molecule has 1 N–H and O–H groups in total. The largest absolute Gasteiger partial charge is 0.385 e. The standard InChI is InChI=1S/C21H27FN4O3S/c1-15-19(30-20(24-15)16-4-6-17(22)7-5-16)21(28)26-11-9-25(10-12-26)14-18(27)23-8-3-13-29-2/h4-7H,3,8-14H2,1-2H3,(H,23,27). The van der Waals surface area contributed by atoms with Crippen molar-refractivity contribution in [3.63, 3.8) is 0 Å². The van der Waals surface area contributed by atoms with E-state index in [2.05, 4.69) is 15.2 Å². The van der Waals surface area contributed by atoms with Crippen molar-refractivity contribution in [1.29, 1.82) is 0 Å². The molecule has 1 saturated heterocycles. The van der Waals surface area contributed by atoms with E-state index in [1.165, 1.54) is 23.5 Å². The van der Waals surface area contributed by atoms with Crippen LogP contribution in [0.2, 0.25) is 0 Å². The number of carbonyl (C=O) groups excluding carboxylic acids is 2. The van der Waals surface area contributed by atoms with E-state index >= 15 is 0 Å². The van der Waals surface area contributed by atoms with Gasteiger partial charge in [0.2, 0.25) is 5.91 Å². The molecule has 0 bridgehead atoms. The molecule has 0 spiro atoms. The van der Waals surface area contributed by atoms with E-state index in [1.807, 2.05) is 11.8 Å². The lowest BCUT2D eigenvalue weighted by Crippen LogP contribution is -2.51. The van der Waals surface area contributed by atoms with Crippen molar-refractivity contribution in [3.05, 3.63) is 40.7 Å². The van der Waals surface area contributed by atoms with Crippen molar-refractivity contribution in [2.45, 2.75) is 13.3 Å². The maximum atomic E-state index is 13.1. The van der Waals surface area contributed by atoms with Crippen LogP contribution in [0.3, 0.4) is 0 Å². The van der Waals surface area contributed by atoms with Gasteiger partial charge in [0.15, 0.2) is 0 Å². The van der Waals surface area contributed by atoms with Gasteiger partial charge in [-0.3, -0.25) is 14.5 Å². The summed E-state index contributed by atoms with van der Waals surface area (Å²) in [6.45, 7) is 5.83. The molecule has 0 aliphatic carbocycles. The zero-order valence-electron chi connectivity index (χ0n) is 17.3. The van der Waals surface area contributed by atoms with E-state index in [0.717, 1.165) is 12.0 Å². The fourth-order valence-corrected chi connectivity index (χ4v) is 4.31. The van der Waals surface area contributed by atoms with Gasteiger partial charge in [-0.05, 0) is 37.6 Å². The molecule has 0 atom stereocenters. The number of nitrogens with one attached hydrogen (secondary N) is 1. The summed E-state index contributed by atoms with van der Waals surface area (Å²) in [5.41, 5.74) is 1.48. The zero-order chi connectivity index (χ0) is 21.5. The highest BCUT2D eigenvalue weighted by molar-refractivity contribution is 7.17. The number of nitrogens with zero attached hydrogens (tertiary/aromatic N) is 3. The van der Waals surface area contributed by atoms with Crippen molar-refractivity contribution < 1.29 is 18.7 Å². The second kappa shape index (κ2) is 10.6. The summed E-state index contributed by atoms with van der Waals surface area (Å²) in [5, 5.41) is 3.59. The lowest BCUT2D eigenvalue weighted by atomic mass is 10.2. The van der Waals surface area contributed by atoms with Crippen LogP contribution in [0.25, 0.3) is 10.6 Å². The van der Waals surface area contributed by atoms with Crippen molar-refractivity contribution in [1.82, 2.24) is 20.1 Å². The van der Waals surface area contributed by atoms with Crippen LogP contribution in [0.1, 0.15) is 21.8 Å². The number of amides is 2. The number of hydrogen-bond acceptors (Lipinski definition) is 6. The van der Waals surface area contributed by atoms with Gasteiger partial charge in [-0.1, -0.05) is 0 Å². The molecule has 1 aromatic carbocycles. The molecule has 3 rings (SSSR count). The molecular formula is C21H27FN4O3S. The number of aryl methyl sites for hydroxylation is 1. The highest BCUT2D eigenvalue weighted by Crippen LogP contribution is 2.29. The van der Waals surface area contributed by atoms with Gasteiger partial charge in [-0.2, -0.15) is 0 Å². The van der Waals surface area contributed by atoms with E-state index in [9.17, 15) is 14.0 Å². The molecule has 2 aromatic rings. The predicted molar refractivity (Wildman–Crippen MR) is 114 cm³/mol. The molecule has 1 fully saturated rings. The number of halogens is 1. The molecule has 1 aliphatic heterocycles. The Balaban J connectivity index is 1.52. The predicted octanol–water partition coefficient (Wildman–Crippen LogP) is 2.17. The van der Waals surface area contributed by atoms with E-state index in [-0.39, 0.29) is 17.6 Å². The number of rotatable bonds is 8. The molecule has 9 heteroatoms. The molecule has 0 saturated carbocycles. The van der Waals surface area contributed by atoms with E-state index in [1.54, 1.807) is 19.2 Å². The molecule has 30 heavy (non-hydrogen) atoms. The van der Waals surface area contributed by atoms with Crippen LogP contribution in [0.5, 0.6) is 0 Å². The lowest BCUT2D eigenvalue weighted by Gasteiger charge is -2.34. The van der Waals surface area contributed by atoms with Crippen LogP contribution in [0.4, 0.5) is 4.39 Å². The number of hydrogen-bond donors (Lipinski definition) is 1. The molecule has 0 unspecified atom stereocenters. The highest BCUT2D eigenvalue weighted by Gasteiger charge is 2.26. The maximum absolute atomic E-state index is 13.1. The van der Waals surface area contributed by atoms with Crippen LogP contribution in [-0.2, 0) is 9.53 Å². The van der Waals surface area contributed by atoms with Crippen molar-refractivity contribution in [3.8, 4) is 10.6 Å². The van der Waals surface area contributed by atoms with Gasteiger partial charge in [0.25, 0.3) is 5.91 Å². The van der Waals surface area contributed by atoms with Crippen LogP contribution >= 0.6 is 11.3 Å². The molecule has 2 amide bonds. The Bertz CT molecular complexity index is 864. The Morgan fingerprint density at radius 2 is 1.90 bits per heavy atom. The topological polar surface area (TPSA) is 74.8 Å². The van der Waals surface area contributed by atoms with Gasteiger partial charge in [0.05, 0.1) is 12.2 Å². The first-order valence-electron chi connectivity index (χ1n) is 9.98. The SMILES string of the molecule is COCCCNC(=O)CN1CCN(C(=O)c2sc(-c3ccc(F)cc3)nc2C)CC1. The smallest absolute Gasteiger partial charge is 0.265 e. The van der Waals surface area contributed by atoms with Gasteiger partial charge in [0.1, 0.15) is 15.7 Å². The van der Waals surface area contributed by atoms with Crippen LogP contribution < -0.4 is 5.32 Å². The third kappa shape index (κ3) is 5.84. The van der Waals surface area contributed by atoms with Gasteiger partial charge < -0.3 is 15.0 Å². The molecule has 1 aliphatic rings. The number of ether oxygens (including phenoxy) is 1. The summed E-state index contributed by atoms with van der Waals surface area (Å²) in [6, 6.07) is 6.11. The summed E-state index contributed by atoms with van der Waals surface area (Å²) in [5.74, 6) is -0.347. The van der Waals surface area contributed by atoms with Gasteiger partial charge in [-0.25, -0.2) is 9.37 Å². The number of methoxy groups -OCH3 is 1. The van der Waals surface area contributed by atoms with Gasteiger partial charge in [0, 0.05) is 52.0 Å². The lowest BCUT2D eigenvalue weighted by molar-refractivity contribution is -0.122. The fraction of sp³-hybridized carbons (Fsp3) is 0.476. The number of carbonyl (C=O) groups is 2. The van der Waals surface area contributed by atoms with Crippen LogP contribution in [-0.4, -0.2) is 79.6 Å². The fourth-order valence-electron chi connectivity index (χ4n) is 3.27. The average Bonchev–Trinajstić information content (AvgIpc) is 3.13. The van der Waals surface area contributed by atoms with Gasteiger partial charge >= 0.3 is 0 Å². The maximum Gasteiger partial charge on any atom is 0.265 e. The molecule has 0 radical (unpaired) electrons. The van der Waals surface area contributed by atoms with Crippen molar-refractivity contribution in [2.75, 3.05) is 53.0 Å². The van der Waals surface area contributed by atoms with E-state index in [4.69, 9.17) is 4.74 Å². The highest BCUT2D eigenvalue weighted by atomic mass is 32.1. The van der Waals surface area contributed by atoms with Crippen LogP contribution in [0, 0.1) is 12.7 Å². The first-order chi connectivity index (χ1) is 14.5. The average molecular weight is 435 g/mol. The van der Waals surface area contributed by atoms with Crippen molar-refractivity contribution >= 4 is 23.2 Å². The zero-order valence-corrected chi connectivity index (χ0v) is 18.1. The first kappa shape index (κ1) is 22.3. The Kier molecular flexibility index (Phi) is 7.89. The van der Waals surface area contributed by atoms with Crippen molar-refractivity contribution in [2.24, 2.45) is 0 Å². The normalized spacial score (nSPS) is 14.7. The Morgan fingerprint density at radius 3 is 2.57 bits per heavy atom. The summed E-state index contributed by atoms with van der Waals surface area (Å²) in [7, 11) is 1.64. The minimum atomic E-state index is -0.301. The third-order valence-corrected chi connectivity index (χ3v) is 6.15. The molecule has 2 heterocycles. The first-order valence-corrected chi connectivity index (χ1v) is 10.8. The Labute approximate surface area is 179 Å². The minimum Gasteiger partial charge on any atom is -0.385 e. The third-order valence-electron chi connectivity index (χ3n) is 4.96. The number of thiazole rings is 1. The minimum absolute atomic E-state index is 0.00637. The van der Waals surface area contributed by atoms with E-state index < -0.39 is 0 Å². The Hall–Kier alpha value is -2.36. The number of aromatic nitrogens is 1. The molecule has 7 nitrogen and oxygen atoms in total. The summed E-state index contributed by atoms with van der Waals surface area (Å²) >= 11 is 1.33. The molecular weight excluding hydrogens is 407 g/mol. The summed E-state index contributed by atoms with van der Waals surface area (Å²) in [6.07, 6.45) is 0.790. The van der Waals surface area contributed by atoms with Gasteiger partial charge in [-0.15, -0.1) is 11.3 Å². The van der Waals surface area contributed by atoms with Crippen LogP contribution in [0.15, 0.2) is 24.3 Å². The molecule has 162 valence electrons. The summed E-state index contributed by atoms with van der Waals surface area (Å²) in [4.78, 5) is 34.0. The number of benzene rings is 1. The second-order valence-corrected chi connectivity index (χ2v) is 8.20. The van der Waals surface area contributed by atoms with E-state index in [0.29, 0.717) is 61.5 Å². The Morgan fingerprint density at radius 1 is 1.20 bits per heavy atom. The number of piperazine rings is 1. The quantitative estimate of drug-likeness (QED) is 0.645.